The minimum Gasteiger partial charge on any atom is -0.308 e. The second kappa shape index (κ2) is 13.3. The third-order valence-electron chi connectivity index (χ3n) is 6.77. The Labute approximate surface area is 237 Å². The summed E-state index contributed by atoms with van der Waals surface area (Å²) in [7, 11) is -2.03. The average Bonchev–Trinajstić information content (AvgIpc) is 2.90. The maximum atomic E-state index is 12.8. The second-order valence-corrected chi connectivity index (χ2v) is 11.2. The second-order valence-electron chi connectivity index (χ2n) is 9.85. The minimum absolute atomic E-state index is 0.0116. The van der Waals surface area contributed by atoms with Crippen LogP contribution in [-0.4, -0.2) is 49.8 Å². The third-order valence-corrected chi connectivity index (χ3v) is 7.77. The molecular weight excluding hydrogens is 559 g/mol. The van der Waals surface area contributed by atoms with Gasteiger partial charge in [0.1, 0.15) is 0 Å². The number of ketones is 1. The number of halogens is 3. The molecule has 0 radical (unpaired) electrons. The molecule has 41 heavy (non-hydrogen) atoms. The average molecular weight is 592 g/mol. The molecule has 3 N–H and O–H groups in total. The molecule has 0 saturated carbocycles. The molecule has 2 amide bonds. The van der Waals surface area contributed by atoms with Gasteiger partial charge in [-0.1, -0.05) is 30.3 Å². The van der Waals surface area contributed by atoms with Gasteiger partial charge >= 0.3 is 12.2 Å². The number of piperidine rings is 1. The summed E-state index contributed by atoms with van der Waals surface area (Å²) < 4.78 is 68.6. The first-order chi connectivity index (χ1) is 19.1. The van der Waals surface area contributed by atoms with E-state index in [9.17, 15) is 31.2 Å². The summed E-state index contributed by atoms with van der Waals surface area (Å²) in [5.74, 6) is 0.000390. The van der Waals surface area contributed by atoms with Crippen LogP contribution in [0.25, 0.3) is 0 Å². The fourth-order valence-electron chi connectivity index (χ4n) is 4.33. The van der Waals surface area contributed by atoms with Gasteiger partial charge in [-0.25, -0.2) is 4.79 Å². The Kier molecular flexibility index (Phi) is 10.3. The Balaban J connectivity index is 0.000000322. The van der Waals surface area contributed by atoms with Crippen molar-refractivity contribution in [3.05, 3.63) is 89.0 Å². The molecule has 3 aromatic carbocycles. The van der Waals surface area contributed by atoms with Crippen molar-refractivity contribution in [3.8, 4) is 0 Å². The number of aryl methyl sites for hydroxylation is 1. The van der Waals surface area contributed by atoms with Crippen LogP contribution >= 0.6 is 0 Å². The summed E-state index contributed by atoms with van der Waals surface area (Å²) in [5, 5.41) is 4.94. The van der Waals surface area contributed by atoms with Crippen molar-refractivity contribution < 1.29 is 35.7 Å². The highest BCUT2D eigenvalue weighted by Gasteiger charge is 2.30. The summed E-state index contributed by atoms with van der Waals surface area (Å²) in [6.45, 7) is 5.20. The number of likely N-dealkylation sites (tertiary alicyclic amines) is 1. The van der Waals surface area contributed by atoms with Crippen molar-refractivity contribution in [1.82, 2.24) is 4.90 Å². The van der Waals surface area contributed by atoms with E-state index in [2.05, 4.69) is 15.5 Å². The number of nitrogens with one attached hydrogen (secondary N) is 2. The van der Waals surface area contributed by atoms with E-state index in [1.165, 1.54) is 18.2 Å². The maximum Gasteiger partial charge on any atom is 0.416 e. The van der Waals surface area contributed by atoms with Crippen LogP contribution in [-0.2, 0) is 16.3 Å². The Bertz CT molecular complexity index is 1500. The third kappa shape index (κ3) is 9.13. The zero-order valence-corrected chi connectivity index (χ0v) is 23.6. The van der Waals surface area contributed by atoms with E-state index in [0.717, 1.165) is 43.6 Å². The highest BCUT2D eigenvalue weighted by atomic mass is 32.2. The van der Waals surface area contributed by atoms with Gasteiger partial charge in [0.2, 0.25) is 0 Å². The Hall–Kier alpha value is -3.74. The van der Waals surface area contributed by atoms with Crippen molar-refractivity contribution in [2.24, 2.45) is 5.92 Å². The predicted molar refractivity (Wildman–Crippen MR) is 151 cm³/mol. The number of anilines is 2. The number of nitrogens with zero attached hydrogens (tertiary/aromatic N) is 1. The summed E-state index contributed by atoms with van der Waals surface area (Å²) in [6, 6.07) is 15.1. The lowest BCUT2D eigenvalue weighted by Gasteiger charge is -2.28. The van der Waals surface area contributed by atoms with Gasteiger partial charge in [-0.3, -0.25) is 9.35 Å². The first-order valence-corrected chi connectivity index (χ1v) is 14.2. The number of Topliss-reactive ketones (excluding diaryl/α,β-unsaturated/α-hetero) is 1. The molecule has 1 aliphatic heterocycles. The first kappa shape index (κ1) is 31.8. The molecule has 1 aliphatic rings. The van der Waals surface area contributed by atoms with Crippen LogP contribution in [0.3, 0.4) is 0 Å². The topological polar surface area (TPSA) is 116 Å². The molecule has 0 aromatic heterocycles. The fourth-order valence-corrected chi connectivity index (χ4v) is 5.13. The van der Waals surface area contributed by atoms with E-state index in [1.807, 2.05) is 7.05 Å². The molecule has 3 aromatic rings. The van der Waals surface area contributed by atoms with Crippen LogP contribution < -0.4 is 10.6 Å². The zero-order valence-electron chi connectivity index (χ0n) is 22.8. The number of hydrogen-bond acceptors (Lipinski definition) is 5. The van der Waals surface area contributed by atoms with E-state index >= 15 is 0 Å². The summed E-state index contributed by atoms with van der Waals surface area (Å²) >= 11 is 0. The molecular formula is C29H32F3N3O5S. The van der Waals surface area contributed by atoms with Crippen LogP contribution in [0.2, 0.25) is 0 Å². The van der Waals surface area contributed by atoms with Gasteiger partial charge in [0, 0.05) is 22.9 Å². The molecule has 1 fully saturated rings. The molecule has 0 atom stereocenters. The van der Waals surface area contributed by atoms with Crippen LogP contribution in [0, 0.1) is 19.8 Å². The SMILES string of the molecule is CN1CCC(C(=O)c2cccc(NC(=O)Nc3cccc(C(F)(F)F)c3)c2)CC1.Cc1cccc(S(=O)(=O)O)c1C. The van der Waals surface area contributed by atoms with E-state index in [0.29, 0.717) is 16.8 Å². The summed E-state index contributed by atoms with van der Waals surface area (Å²) in [5.41, 5.74) is 1.53. The number of urea groups is 1. The van der Waals surface area contributed by atoms with Crippen molar-refractivity contribution in [2.75, 3.05) is 30.8 Å². The molecule has 8 nitrogen and oxygen atoms in total. The van der Waals surface area contributed by atoms with Crippen molar-refractivity contribution in [2.45, 2.75) is 37.8 Å². The number of hydrogen-bond donors (Lipinski definition) is 3. The van der Waals surface area contributed by atoms with Gasteiger partial charge in [-0.05, 0) is 94.4 Å². The maximum absolute atomic E-state index is 12.8. The molecule has 12 heteroatoms. The number of rotatable bonds is 5. The largest absolute Gasteiger partial charge is 0.416 e. The minimum atomic E-state index is -4.49. The van der Waals surface area contributed by atoms with Gasteiger partial charge < -0.3 is 15.5 Å². The fraction of sp³-hybridized carbons (Fsp3) is 0.310. The van der Waals surface area contributed by atoms with E-state index in [-0.39, 0.29) is 22.3 Å². The lowest BCUT2D eigenvalue weighted by molar-refractivity contribution is -0.137. The van der Waals surface area contributed by atoms with E-state index in [1.54, 1.807) is 50.2 Å². The monoisotopic (exact) mass is 591 g/mol. The standard InChI is InChI=1S/C21H22F3N3O2.C8H10O3S/c1-27-10-8-14(9-11-27)19(28)15-4-2-6-17(12-15)25-20(29)26-18-7-3-5-16(13-18)21(22,23)24;1-6-4-3-5-8(7(6)2)12(9,10)11/h2-7,12-14H,8-11H2,1H3,(H2,25,26,29);3-5H,1-2H3,(H,9,10,11). The molecule has 1 heterocycles. The molecule has 4 rings (SSSR count). The lowest BCUT2D eigenvalue weighted by Crippen LogP contribution is -2.33. The Morgan fingerprint density at radius 3 is 2.02 bits per heavy atom. The quantitative estimate of drug-likeness (QED) is 0.233. The first-order valence-electron chi connectivity index (χ1n) is 12.8. The van der Waals surface area contributed by atoms with Crippen LogP contribution in [0.5, 0.6) is 0 Å². The van der Waals surface area contributed by atoms with Crippen LogP contribution in [0.4, 0.5) is 29.3 Å². The van der Waals surface area contributed by atoms with Gasteiger partial charge in [-0.2, -0.15) is 21.6 Å². The normalized spacial score (nSPS) is 14.5. The highest BCUT2D eigenvalue weighted by Crippen LogP contribution is 2.30. The Morgan fingerprint density at radius 1 is 0.902 bits per heavy atom. The van der Waals surface area contributed by atoms with E-state index in [4.69, 9.17) is 4.55 Å². The van der Waals surface area contributed by atoms with Crippen molar-refractivity contribution >= 4 is 33.3 Å². The predicted octanol–water partition coefficient (Wildman–Crippen LogP) is 6.42. The number of carbonyl (C=O) groups excluding carboxylic acids is 2. The summed E-state index contributed by atoms with van der Waals surface area (Å²) in [4.78, 5) is 27.1. The molecule has 0 aliphatic carbocycles. The molecule has 0 unspecified atom stereocenters. The Morgan fingerprint density at radius 2 is 1.46 bits per heavy atom. The van der Waals surface area contributed by atoms with Crippen LogP contribution in [0.1, 0.15) is 39.9 Å². The molecule has 0 bridgehead atoms. The highest BCUT2D eigenvalue weighted by molar-refractivity contribution is 7.85. The van der Waals surface area contributed by atoms with E-state index < -0.39 is 27.9 Å². The number of carbonyl (C=O) groups is 2. The van der Waals surface area contributed by atoms with Gasteiger partial charge in [0.25, 0.3) is 10.1 Å². The smallest absolute Gasteiger partial charge is 0.308 e. The zero-order chi connectivity index (χ0) is 30.4. The summed E-state index contributed by atoms with van der Waals surface area (Å²) in [6.07, 6.45) is -2.90. The van der Waals surface area contributed by atoms with Crippen LogP contribution in [0.15, 0.2) is 71.6 Å². The van der Waals surface area contributed by atoms with Crippen molar-refractivity contribution in [3.63, 3.8) is 0 Å². The van der Waals surface area contributed by atoms with Crippen molar-refractivity contribution in [1.29, 1.82) is 0 Å². The number of amides is 2. The molecule has 220 valence electrons. The molecule has 1 saturated heterocycles. The molecule has 0 spiro atoms. The van der Waals surface area contributed by atoms with Gasteiger partial charge in [0.15, 0.2) is 5.78 Å². The lowest BCUT2D eigenvalue weighted by atomic mass is 9.89. The van der Waals surface area contributed by atoms with Gasteiger partial charge in [0.05, 0.1) is 10.5 Å². The van der Waals surface area contributed by atoms with Gasteiger partial charge in [-0.15, -0.1) is 0 Å². The number of alkyl halides is 3. The number of benzene rings is 3.